The average Bonchev–Trinajstić information content (AvgIpc) is 2.86. The molecule has 0 N–H and O–H groups in total. The number of hydrogen-bond acceptors (Lipinski definition) is 3. The molecule has 25 heavy (non-hydrogen) atoms. The Morgan fingerprint density at radius 2 is 1.96 bits per heavy atom. The van der Waals surface area contributed by atoms with E-state index in [1.807, 2.05) is 0 Å². The van der Waals surface area contributed by atoms with Gasteiger partial charge < -0.3 is 9.30 Å². The average molecular weight is 396 g/mol. The third-order valence-electron chi connectivity index (χ3n) is 3.46. The van der Waals surface area contributed by atoms with Crippen LogP contribution in [0, 0.1) is 6.92 Å². The van der Waals surface area contributed by atoms with E-state index in [9.17, 15) is 13.2 Å². The molecular formula is C16H21ClF3N3OS. The Hall–Kier alpha value is -1.25. The molecule has 2 aromatic rings. The number of rotatable bonds is 6. The molecule has 0 radical (unpaired) electrons. The van der Waals surface area contributed by atoms with Crippen molar-refractivity contribution in [3.8, 4) is 11.4 Å². The van der Waals surface area contributed by atoms with Gasteiger partial charge in [0, 0.05) is 23.7 Å². The van der Waals surface area contributed by atoms with Gasteiger partial charge in [-0.25, -0.2) is 20.0 Å². The fourth-order valence-corrected chi connectivity index (χ4v) is 2.92. The first-order valence-corrected chi connectivity index (χ1v) is 10.9. The zero-order valence-electron chi connectivity index (χ0n) is 14.5. The molecule has 0 spiro atoms. The summed E-state index contributed by atoms with van der Waals surface area (Å²) < 4.78 is 46.1. The van der Waals surface area contributed by atoms with Crippen molar-refractivity contribution < 1.29 is 17.9 Å². The molecule has 2 heterocycles. The van der Waals surface area contributed by atoms with Gasteiger partial charge in [0.25, 0.3) is 0 Å². The maximum absolute atomic E-state index is 13.1. The lowest BCUT2D eigenvalue weighted by molar-refractivity contribution is -0.141. The highest BCUT2D eigenvalue weighted by molar-refractivity contribution is 8.32. The number of ether oxygens (including phenoxy) is 1. The quantitative estimate of drug-likeness (QED) is 0.530. The van der Waals surface area contributed by atoms with Crippen molar-refractivity contribution in [3.63, 3.8) is 0 Å². The third-order valence-corrected chi connectivity index (χ3v) is 5.05. The van der Waals surface area contributed by atoms with Crippen LogP contribution in [0.25, 0.3) is 11.4 Å². The summed E-state index contributed by atoms with van der Waals surface area (Å²) in [5.74, 6) is 1.04. The smallest absolute Gasteiger partial charge is 0.360 e. The molecule has 9 heteroatoms. The van der Waals surface area contributed by atoms with Gasteiger partial charge >= 0.3 is 6.18 Å². The van der Waals surface area contributed by atoms with Crippen LogP contribution in [0.4, 0.5) is 13.2 Å². The minimum absolute atomic E-state index is 0.00397. The summed E-state index contributed by atoms with van der Waals surface area (Å²) in [7, 11) is -0.725. The summed E-state index contributed by atoms with van der Waals surface area (Å²) in [5, 5.41) is 0.278. The van der Waals surface area contributed by atoms with E-state index in [0.29, 0.717) is 17.7 Å². The van der Waals surface area contributed by atoms with Crippen molar-refractivity contribution in [3.05, 3.63) is 34.9 Å². The van der Waals surface area contributed by atoms with Crippen LogP contribution in [-0.2, 0) is 17.6 Å². The van der Waals surface area contributed by atoms with Gasteiger partial charge in [0.1, 0.15) is 17.7 Å². The normalized spacial score (nSPS) is 13.3. The Balaban J connectivity index is 2.29. The van der Waals surface area contributed by atoms with Crippen LogP contribution in [0.3, 0.4) is 0 Å². The van der Waals surface area contributed by atoms with Crippen LogP contribution < -0.4 is 0 Å². The first-order valence-electron chi connectivity index (χ1n) is 7.48. The highest BCUT2D eigenvalue weighted by atomic mass is 35.5. The SMILES string of the molecule is Cc1cc(Cl)ncc1-c1nc(C(F)(F)F)cn1COCCS(C)(C)C. The number of pyridine rings is 1. The van der Waals surface area contributed by atoms with E-state index in [1.54, 1.807) is 13.0 Å². The number of aryl methyl sites for hydroxylation is 1. The molecule has 0 fully saturated rings. The lowest BCUT2D eigenvalue weighted by Crippen LogP contribution is -2.10. The van der Waals surface area contributed by atoms with E-state index in [1.165, 1.54) is 10.8 Å². The standard InChI is InChI=1S/C16H21ClF3N3OS/c1-11-7-14(17)21-8-12(11)15-22-13(16(18,19)20)9-23(15)10-24-5-6-25(2,3)4/h7-9H,5-6,10H2,1-4H3. The van der Waals surface area contributed by atoms with E-state index in [2.05, 4.69) is 28.7 Å². The summed E-state index contributed by atoms with van der Waals surface area (Å²) in [6.45, 7) is 2.23. The van der Waals surface area contributed by atoms with Crippen molar-refractivity contribution in [1.82, 2.24) is 14.5 Å². The summed E-state index contributed by atoms with van der Waals surface area (Å²) in [6.07, 6.45) is 4.34. The van der Waals surface area contributed by atoms with Crippen LogP contribution in [-0.4, -0.2) is 45.7 Å². The molecular weight excluding hydrogens is 375 g/mol. The Labute approximate surface area is 151 Å². The maximum Gasteiger partial charge on any atom is 0.434 e. The summed E-state index contributed by atoms with van der Waals surface area (Å²) >= 11 is 5.83. The van der Waals surface area contributed by atoms with Gasteiger partial charge in [-0.1, -0.05) is 11.6 Å². The molecule has 0 unspecified atom stereocenters. The summed E-state index contributed by atoms with van der Waals surface area (Å²) in [4.78, 5) is 7.70. The van der Waals surface area contributed by atoms with Gasteiger partial charge in [0.2, 0.25) is 0 Å². The van der Waals surface area contributed by atoms with E-state index in [4.69, 9.17) is 16.3 Å². The molecule has 0 aliphatic carbocycles. The lowest BCUT2D eigenvalue weighted by atomic mass is 10.1. The van der Waals surface area contributed by atoms with E-state index in [-0.39, 0.29) is 17.7 Å². The second-order valence-corrected chi connectivity index (χ2v) is 11.5. The van der Waals surface area contributed by atoms with E-state index in [0.717, 1.165) is 11.9 Å². The molecule has 140 valence electrons. The van der Waals surface area contributed by atoms with Gasteiger partial charge in [0.05, 0.1) is 6.61 Å². The zero-order chi connectivity index (χ0) is 18.8. The Bertz CT molecular complexity index is 741. The molecule has 0 amide bonds. The van der Waals surface area contributed by atoms with Crippen LogP contribution in [0.15, 0.2) is 18.5 Å². The lowest BCUT2D eigenvalue weighted by Gasteiger charge is -2.24. The topological polar surface area (TPSA) is 39.9 Å². The molecule has 0 aromatic carbocycles. The molecule has 0 aliphatic heterocycles. The number of hydrogen-bond donors (Lipinski definition) is 0. The second-order valence-electron chi connectivity index (χ2n) is 6.57. The minimum atomic E-state index is -4.52. The zero-order valence-corrected chi connectivity index (χ0v) is 16.1. The Morgan fingerprint density at radius 1 is 1.28 bits per heavy atom. The van der Waals surface area contributed by atoms with Gasteiger partial charge in [-0.05, 0) is 37.3 Å². The second kappa shape index (κ2) is 7.55. The van der Waals surface area contributed by atoms with Crippen molar-refractivity contribution >= 4 is 21.6 Å². The van der Waals surface area contributed by atoms with Crippen molar-refractivity contribution in [1.29, 1.82) is 0 Å². The molecule has 0 saturated carbocycles. The first-order chi connectivity index (χ1) is 11.5. The molecule has 0 atom stereocenters. The number of nitrogens with zero attached hydrogens (tertiary/aromatic N) is 3. The summed E-state index contributed by atoms with van der Waals surface area (Å²) in [5.41, 5.74) is 0.228. The van der Waals surface area contributed by atoms with Gasteiger partial charge in [0.15, 0.2) is 5.69 Å². The molecule has 0 aliphatic rings. The highest BCUT2D eigenvalue weighted by Crippen LogP contribution is 2.34. The van der Waals surface area contributed by atoms with E-state index < -0.39 is 21.9 Å². The highest BCUT2D eigenvalue weighted by Gasteiger charge is 2.35. The van der Waals surface area contributed by atoms with Gasteiger partial charge in [-0.2, -0.15) is 13.2 Å². The fourth-order valence-electron chi connectivity index (χ4n) is 2.09. The molecule has 2 aromatic heterocycles. The van der Waals surface area contributed by atoms with Crippen molar-refractivity contribution in [2.75, 3.05) is 31.1 Å². The van der Waals surface area contributed by atoms with Crippen LogP contribution in [0.1, 0.15) is 11.3 Å². The van der Waals surface area contributed by atoms with E-state index >= 15 is 0 Å². The number of halogens is 4. The Kier molecular flexibility index (Phi) is 6.06. The molecule has 0 saturated heterocycles. The monoisotopic (exact) mass is 395 g/mol. The number of alkyl halides is 3. The molecule has 4 nitrogen and oxygen atoms in total. The van der Waals surface area contributed by atoms with Crippen LogP contribution in [0.5, 0.6) is 0 Å². The summed E-state index contributed by atoms with van der Waals surface area (Å²) in [6, 6.07) is 1.59. The first kappa shape index (κ1) is 20.1. The Morgan fingerprint density at radius 3 is 2.52 bits per heavy atom. The van der Waals surface area contributed by atoms with Crippen LogP contribution in [0.2, 0.25) is 5.15 Å². The van der Waals surface area contributed by atoms with Crippen molar-refractivity contribution in [2.45, 2.75) is 19.8 Å². The molecule has 2 rings (SSSR count). The maximum atomic E-state index is 13.1. The van der Waals surface area contributed by atoms with Crippen molar-refractivity contribution in [2.24, 2.45) is 0 Å². The fraction of sp³-hybridized carbons (Fsp3) is 0.500. The van der Waals surface area contributed by atoms with Crippen LogP contribution >= 0.6 is 21.6 Å². The predicted molar refractivity (Wildman–Crippen MR) is 96.4 cm³/mol. The van der Waals surface area contributed by atoms with Gasteiger partial charge in [-0.3, -0.25) is 0 Å². The predicted octanol–water partition coefficient (Wildman–Crippen LogP) is 4.59. The number of imidazole rings is 1. The molecule has 0 bridgehead atoms. The third kappa shape index (κ3) is 5.62. The number of aromatic nitrogens is 3. The van der Waals surface area contributed by atoms with Gasteiger partial charge in [-0.15, -0.1) is 0 Å². The minimum Gasteiger partial charge on any atom is -0.360 e. The largest absolute Gasteiger partial charge is 0.434 e.